The first-order chi connectivity index (χ1) is 12.9. The fourth-order valence-corrected chi connectivity index (χ4v) is 2.95. The van der Waals surface area contributed by atoms with Crippen molar-refractivity contribution in [3.05, 3.63) is 66.1 Å². The summed E-state index contributed by atoms with van der Waals surface area (Å²) in [5, 5.41) is 2.61. The molecule has 6 nitrogen and oxygen atoms in total. The smallest absolute Gasteiger partial charge is 0.256 e. The number of hydrogen-bond acceptors (Lipinski definition) is 5. The predicted molar refractivity (Wildman–Crippen MR) is 101 cm³/mol. The van der Waals surface area contributed by atoms with Crippen LogP contribution in [0.4, 0.5) is 10.1 Å². The summed E-state index contributed by atoms with van der Waals surface area (Å²) in [4.78, 5) is 27.5. The maximum absolute atomic E-state index is 13.0. The number of halogens is 1. The molecule has 27 heavy (non-hydrogen) atoms. The number of amides is 2. The van der Waals surface area contributed by atoms with Crippen LogP contribution in [0.2, 0.25) is 0 Å². The van der Waals surface area contributed by atoms with Crippen molar-refractivity contribution in [3.8, 4) is 11.3 Å². The van der Waals surface area contributed by atoms with Crippen molar-refractivity contribution in [2.75, 3.05) is 5.32 Å². The summed E-state index contributed by atoms with van der Waals surface area (Å²) in [6.45, 7) is 1.72. The van der Waals surface area contributed by atoms with Crippen molar-refractivity contribution in [2.24, 2.45) is 5.73 Å². The summed E-state index contributed by atoms with van der Waals surface area (Å²) in [5.74, 6) is -0.611. The van der Waals surface area contributed by atoms with E-state index in [4.69, 9.17) is 10.2 Å². The van der Waals surface area contributed by atoms with Gasteiger partial charge in [0.1, 0.15) is 5.82 Å². The summed E-state index contributed by atoms with van der Waals surface area (Å²) >= 11 is 1.16. The van der Waals surface area contributed by atoms with E-state index in [0.29, 0.717) is 27.8 Å². The molecule has 2 amide bonds. The average molecular weight is 385 g/mol. The topological polar surface area (TPSA) is 98.2 Å². The first kappa shape index (κ1) is 18.7. The van der Waals surface area contributed by atoms with E-state index in [1.807, 2.05) is 0 Å². The van der Waals surface area contributed by atoms with Gasteiger partial charge in [-0.1, -0.05) is 11.8 Å². The van der Waals surface area contributed by atoms with Crippen LogP contribution in [0.25, 0.3) is 11.3 Å². The largest absolute Gasteiger partial charge is 0.431 e. The number of rotatable bonds is 6. The number of benzene rings is 2. The molecule has 1 heterocycles. The van der Waals surface area contributed by atoms with Crippen LogP contribution in [0, 0.1) is 5.82 Å². The van der Waals surface area contributed by atoms with Crippen molar-refractivity contribution >= 4 is 29.3 Å². The van der Waals surface area contributed by atoms with E-state index in [2.05, 4.69) is 10.3 Å². The summed E-state index contributed by atoms with van der Waals surface area (Å²) in [6, 6.07) is 12.2. The lowest BCUT2D eigenvalue weighted by atomic mass is 10.2. The van der Waals surface area contributed by atoms with Crippen LogP contribution in [0.3, 0.4) is 0 Å². The Balaban J connectivity index is 1.61. The zero-order chi connectivity index (χ0) is 19.4. The predicted octanol–water partition coefficient (Wildman–Crippen LogP) is 3.70. The Morgan fingerprint density at radius 3 is 2.44 bits per heavy atom. The van der Waals surface area contributed by atoms with E-state index in [0.717, 1.165) is 11.8 Å². The van der Waals surface area contributed by atoms with Gasteiger partial charge < -0.3 is 15.5 Å². The lowest BCUT2D eigenvalue weighted by Crippen LogP contribution is -2.22. The van der Waals surface area contributed by atoms with Crippen molar-refractivity contribution in [1.29, 1.82) is 0 Å². The molecular formula is C19H16FN3O3S. The van der Waals surface area contributed by atoms with E-state index >= 15 is 0 Å². The van der Waals surface area contributed by atoms with E-state index in [-0.39, 0.29) is 11.7 Å². The standard InChI is InChI=1S/C19H16FN3O3S/c1-11(18(25)23-15-8-4-13(5-9-15)17(21)24)27-19-22-10-16(26-19)12-2-6-14(20)7-3-12/h2-11H,1H3,(H2,21,24)(H,23,25)/t11-/m1/s1. The third-order valence-corrected chi connectivity index (χ3v) is 4.66. The van der Waals surface area contributed by atoms with Gasteiger partial charge in [-0.25, -0.2) is 9.37 Å². The van der Waals surface area contributed by atoms with Crippen molar-refractivity contribution < 1.29 is 18.4 Å². The van der Waals surface area contributed by atoms with Crippen LogP contribution in [0.15, 0.2) is 64.4 Å². The van der Waals surface area contributed by atoms with Crippen LogP contribution in [-0.4, -0.2) is 22.0 Å². The second kappa shape index (κ2) is 8.05. The molecule has 3 N–H and O–H groups in total. The fourth-order valence-electron chi connectivity index (χ4n) is 2.23. The van der Waals surface area contributed by atoms with E-state index in [1.54, 1.807) is 43.3 Å². The van der Waals surface area contributed by atoms with Gasteiger partial charge in [0.15, 0.2) is 5.76 Å². The van der Waals surface area contributed by atoms with Gasteiger partial charge >= 0.3 is 0 Å². The minimum absolute atomic E-state index is 0.242. The molecule has 0 aliphatic rings. The van der Waals surface area contributed by atoms with Crippen molar-refractivity contribution in [3.63, 3.8) is 0 Å². The number of aromatic nitrogens is 1. The lowest BCUT2D eigenvalue weighted by molar-refractivity contribution is -0.115. The molecule has 0 saturated carbocycles. The maximum Gasteiger partial charge on any atom is 0.256 e. The molecule has 138 valence electrons. The highest BCUT2D eigenvalue weighted by Gasteiger charge is 2.18. The van der Waals surface area contributed by atoms with Crippen LogP contribution >= 0.6 is 11.8 Å². The zero-order valence-electron chi connectivity index (χ0n) is 14.3. The fraction of sp³-hybridized carbons (Fsp3) is 0.105. The van der Waals surface area contributed by atoms with Crippen LogP contribution in [0.1, 0.15) is 17.3 Å². The Bertz CT molecular complexity index is 955. The highest BCUT2D eigenvalue weighted by Crippen LogP contribution is 2.28. The highest BCUT2D eigenvalue weighted by atomic mass is 32.2. The second-order valence-electron chi connectivity index (χ2n) is 5.69. The second-order valence-corrected chi connectivity index (χ2v) is 6.98. The molecule has 0 bridgehead atoms. The lowest BCUT2D eigenvalue weighted by Gasteiger charge is -2.10. The van der Waals surface area contributed by atoms with Gasteiger partial charge in [-0.2, -0.15) is 0 Å². The Hall–Kier alpha value is -3.13. The molecule has 3 aromatic rings. The van der Waals surface area contributed by atoms with Gasteiger partial charge in [-0.15, -0.1) is 0 Å². The minimum atomic E-state index is -0.530. The van der Waals surface area contributed by atoms with Crippen LogP contribution in [0.5, 0.6) is 0 Å². The van der Waals surface area contributed by atoms with Crippen molar-refractivity contribution in [1.82, 2.24) is 4.98 Å². The molecular weight excluding hydrogens is 369 g/mol. The summed E-state index contributed by atoms with van der Waals surface area (Å²) in [5.41, 5.74) is 6.80. The van der Waals surface area contributed by atoms with Gasteiger partial charge in [0.25, 0.3) is 5.22 Å². The molecule has 0 aliphatic carbocycles. The summed E-state index contributed by atoms with van der Waals surface area (Å²) in [7, 11) is 0. The SMILES string of the molecule is C[C@@H](Sc1ncc(-c2ccc(F)cc2)o1)C(=O)Nc1ccc(C(N)=O)cc1. The number of anilines is 1. The number of oxazole rings is 1. The third kappa shape index (κ3) is 4.73. The highest BCUT2D eigenvalue weighted by molar-refractivity contribution is 8.00. The van der Waals surface area contributed by atoms with E-state index < -0.39 is 11.2 Å². The zero-order valence-corrected chi connectivity index (χ0v) is 15.1. The van der Waals surface area contributed by atoms with Crippen LogP contribution < -0.4 is 11.1 Å². The number of primary amides is 1. The minimum Gasteiger partial charge on any atom is -0.431 e. The molecule has 1 aromatic heterocycles. The molecule has 0 fully saturated rings. The number of hydrogen-bond donors (Lipinski definition) is 2. The molecule has 1 atom stereocenters. The molecule has 2 aromatic carbocycles. The number of thioether (sulfide) groups is 1. The first-order valence-corrected chi connectivity index (χ1v) is 8.89. The Morgan fingerprint density at radius 2 is 1.81 bits per heavy atom. The monoisotopic (exact) mass is 385 g/mol. The molecule has 0 spiro atoms. The Kier molecular flexibility index (Phi) is 5.56. The van der Waals surface area contributed by atoms with Gasteiger partial charge in [0.2, 0.25) is 11.8 Å². The molecule has 0 radical (unpaired) electrons. The van der Waals surface area contributed by atoms with Gasteiger partial charge in [0, 0.05) is 16.8 Å². The third-order valence-electron chi connectivity index (χ3n) is 3.70. The van der Waals surface area contributed by atoms with Gasteiger partial charge in [0.05, 0.1) is 11.4 Å². The van der Waals surface area contributed by atoms with Crippen molar-refractivity contribution in [2.45, 2.75) is 17.4 Å². The van der Waals surface area contributed by atoms with E-state index in [1.165, 1.54) is 18.3 Å². The molecule has 3 rings (SSSR count). The number of nitrogens with zero attached hydrogens (tertiary/aromatic N) is 1. The van der Waals surface area contributed by atoms with E-state index in [9.17, 15) is 14.0 Å². The molecule has 0 unspecified atom stereocenters. The van der Waals surface area contributed by atoms with Gasteiger partial charge in [-0.05, 0) is 55.5 Å². The van der Waals surface area contributed by atoms with Crippen LogP contribution in [-0.2, 0) is 4.79 Å². The molecule has 0 saturated heterocycles. The number of carbonyl (C=O) groups excluding carboxylic acids is 2. The normalized spacial score (nSPS) is 11.8. The van der Waals surface area contributed by atoms with Gasteiger partial charge in [-0.3, -0.25) is 9.59 Å². The number of nitrogens with one attached hydrogen (secondary N) is 1. The number of carbonyl (C=O) groups is 2. The molecule has 8 heteroatoms. The number of nitrogens with two attached hydrogens (primary N) is 1. The molecule has 0 aliphatic heterocycles. The quantitative estimate of drug-likeness (QED) is 0.631. The summed E-state index contributed by atoms with van der Waals surface area (Å²) in [6.07, 6.45) is 1.53. The first-order valence-electron chi connectivity index (χ1n) is 8.01. The Morgan fingerprint density at radius 1 is 1.15 bits per heavy atom. The Labute approximate surface area is 159 Å². The summed E-state index contributed by atoms with van der Waals surface area (Å²) < 4.78 is 18.6. The maximum atomic E-state index is 13.0. The average Bonchev–Trinajstić information content (AvgIpc) is 3.11.